The molecule has 1 saturated heterocycles. The molecule has 42 heavy (non-hydrogen) atoms. The molecule has 9 heteroatoms. The van der Waals surface area contributed by atoms with Gasteiger partial charge in [0.1, 0.15) is 17.2 Å². The molecule has 0 spiro atoms. The van der Waals surface area contributed by atoms with Crippen molar-refractivity contribution in [2.75, 3.05) is 52.3 Å². The molecule has 8 nitrogen and oxygen atoms in total. The first-order chi connectivity index (χ1) is 20.4. The molecule has 4 aromatic rings. The predicted molar refractivity (Wildman–Crippen MR) is 164 cm³/mol. The number of amides is 2. The minimum absolute atomic E-state index is 0.0215. The second-order valence-electron chi connectivity index (χ2n) is 10.7. The fraction of sp³-hybridized carbons (Fsp3) is 0.273. The molecule has 0 unspecified atom stereocenters. The van der Waals surface area contributed by atoms with E-state index in [1.165, 1.54) is 0 Å². The molecule has 3 aromatic carbocycles. The van der Waals surface area contributed by atoms with Crippen molar-refractivity contribution in [3.8, 4) is 22.6 Å². The Kier molecular flexibility index (Phi) is 7.66. The Labute approximate surface area is 250 Å². The number of ether oxygens (including phenoxy) is 2. The summed E-state index contributed by atoms with van der Waals surface area (Å²) in [4.78, 5) is 33.8. The summed E-state index contributed by atoms with van der Waals surface area (Å²) in [5, 5.41) is 0.430. The van der Waals surface area contributed by atoms with E-state index >= 15 is 0 Å². The molecule has 1 aromatic heterocycles. The number of halogens is 1. The van der Waals surface area contributed by atoms with E-state index in [9.17, 15) is 9.59 Å². The van der Waals surface area contributed by atoms with Crippen LogP contribution in [0.4, 0.5) is 5.69 Å². The van der Waals surface area contributed by atoms with Gasteiger partial charge in [-0.25, -0.2) is 0 Å². The van der Waals surface area contributed by atoms with Crippen LogP contribution in [-0.2, 0) is 13.1 Å². The number of fused-ring (bicyclic) bond motifs is 2. The molecule has 6 rings (SSSR count). The number of benzene rings is 3. The van der Waals surface area contributed by atoms with Crippen molar-refractivity contribution in [2.45, 2.75) is 13.1 Å². The molecule has 0 atom stereocenters. The number of methoxy groups -OCH3 is 2. The average molecular weight is 585 g/mol. The van der Waals surface area contributed by atoms with Gasteiger partial charge in [0.05, 0.1) is 32.9 Å². The molecule has 0 radical (unpaired) electrons. The summed E-state index contributed by atoms with van der Waals surface area (Å²) in [5.74, 6) is 0.913. The molecule has 1 fully saturated rings. The minimum Gasteiger partial charge on any atom is -0.497 e. The number of carbonyl (C=O) groups is 2. The molecule has 2 aliphatic heterocycles. The van der Waals surface area contributed by atoms with Crippen LogP contribution in [0.2, 0.25) is 5.02 Å². The monoisotopic (exact) mass is 584 g/mol. The fourth-order valence-corrected chi connectivity index (χ4v) is 6.02. The van der Waals surface area contributed by atoms with Gasteiger partial charge in [-0.15, -0.1) is 0 Å². The lowest BCUT2D eigenvalue weighted by molar-refractivity contribution is 0.0653. The van der Waals surface area contributed by atoms with Crippen LogP contribution in [0.5, 0.6) is 11.5 Å². The van der Waals surface area contributed by atoms with Gasteiger partial charge in [0, 0.05) is 48.1 Å². The molecule has 0 saturated carbocycles. The van der Waals surface area contributed by atoms with Crippen LogP contribution in [0.1, 0.15) is 32.1 Å². The summed E-state index contributed by atoms with van der Waals surface area (Å²) in [6.07, 6.45) is 0. The maximum Gasteiger partial charge on any atom is 0.270 e. The SMILES string of the molecule is COc1cccc(-c2cc(OC)c(C(=O)N3Cc4ccc(C(=O)N5CCN(C)CC5)n4Cc4ccccc43)cc2Cl)c1. The number of piperazine rings is 1. The Morgan fingerprint density at radius 3 is 2.36 bits per heavy atom. The Morgan fingerprint density at radius 2 is 1.60 bits per heavy atom. The van der Waals surface area contributed by atoms with E-state index in [2.05, 4.69) is 11.9 Å². The zero-order chi connectivity index (χ0) is 29.4. The van der Waals surface area contributed by atoms with Crippen LogP contribution >= 0.6 is 11.6 Å². The quantitative estimate of drug-likeness (QED) is 0.313. The summed E-state index contributed by atoms with van der Waals surface area (Å²) in [7, 11) is 5.24. The van der Waals surface area contributed by atoms with Crippen molar-refractivity contribution in [1.82, 2.24) is 14.4 Å². The number of aromatic nitrogens is 1. The lowest BCUT2D eigenvalue weighted by atomic mass is 10.0. The van der Waals surface area contributed by atoms with E-state index < -0.39 is 0 Å². The van der Waals surface area contributed by atoms with Crippen LogP contribution in [0.3, 0.4) is 0 Å². The first-order valence-electron chi connectivity index (χ1n) is 14.0. The lowest BCUT2D eigenvalue weighted by Crippen LogP contribution is -2.47. The minimum atomic E-state index is -0.236. The van der Waals surface area contributed by atoms with Crippen LogP contribution < -0.4 is 14.4 Å². The van der Waals surface area contributed by atoms with Gasteiger partial charge in [0.15, 0.2) is 0 Å². The number of para-hydroxylation sites is 1. The second kappa shape index (κ2) is 11.5. The fourth-order valence-electron chi connectivity index (χ4n) is 5.75. The normalized spacial score (nSPS) is 15.0. The Balaban J connectivity index is 1.37. The molecular weight excluding hydrogens is 552 g/mol. The third-order valence-electron chi connectivity index (χ3n) is 8.16. The lowest BCUT2D eigenvalue weighted by Gasteiger charge is -2.32. The zero-order valence-corrected chi connectivity index (χ0v) is 24.7. The van der Waals surface area contributed by atoms with Crippen LogP contribution in [0.25, 0.3) is 11.1 Å². The van der Waals surface area contributed by atoms with Crippen LogP contribution in [0, 0.1) is 0 Å². The second-order valence-corrected chi connectivity index (χ2v) is 11.1. The number of rotatable bonds is 5. The first-order valence-corrected chi connectivity index (χ1v) is 14.3. The van der Waals surface area contributed by atoms with Crippen molar-refractivity contribution in [2.24, 2.45) is 0 Å². The van der Waals surface area contributed by atoms with Gasteiger partial charge < -0.3 is 28.7 Å². The van der Waals surface area contributed by atoms with Crippen LogP contribution in [0.15, 0.2) is 72.8 Å². The third-order valence-corrected chi connectivity index (χ3v) is 8.47. The molecule has 2 aliphatic rings. The molecule has 0 bridgehead atoms. The summed E-state index contributed by atoms with van der Waals surface area (Å²) < 4.78 is 13.2. The zero-order valence-electron chi connectivity index (χ0n) is 24.0. The molecular formula is C33H33ClN4O4. The van der Waals surface area contributed by atoms with Crippen molar-refractivity contribution < 1.29 is 19.1 Å². The highest BCUT2D eigenvalue weighted by molar-refractivity contribution is 6.34. The Bertz CT molecular complexity index is 1660. The van der Waals surface area contributed by atoms with E-state index in [1.54, 1.807) is 31.3 Å². The summed E-state index contributed by atoms with van der Waals surface area (Å²) in [6, 6.07) is 22.7. The van der Waals surface area contributed by atoms with Crippen molar-refractivity contribution >= 4 is 29.1 Å². The third kappa shape index (κ3) is 5.12. The number of carbonyl (C=O) groups excluding carboxylic acids is 2. The van der Waals surface area contributed by atoms with Gasteiger partial charge >= 0.3 is 0 Å². The van der Waals surface area contributed by atoms with E-state index in [-0.39, 0.29) is 11.8 Å². The highest BCUT2D eigenvalue weighted by atomic mass is 35.5. The van der Waals surface area contributed by atoms with Crippen molar-refractivity contribution in [1.29, 1.82) is 0 Å². The smallest absolute Gasteiger partial charge is 0.270 e. The van der Waals surface area contributed by atoms with Crippen molar-refractivity contribution in [3.63, 3.8) is 0 Å². The van der Waals surface area contributed by atoms with Gasteiger partial charge in [-0.05, 0) is 60.6 Å². The number of anilines is 1. The molecule has 0 N–H and O–H groups in total. The summed E-state index contributed by atoms with van der Waals surface area (Å²) >= 11 is 6.79. The predicted octanol–water partition coefficient (Wildman–Crippen LogP) is 5.42. The highest BCUT2D eigenvalue weighted by Gasteiger charge is 2.31. The highest BCUT2D eigenvalue weighted by Crippen LogP contribution is 2.38. The average Bonchev–Trinajstić information content (AvgIpc) is 3.33. The summed E-state index contributed by atoms with van der Waals surface area (Å²) in [6.45, 7) is 3.89. The first kappa shape index (κ1) is 27.9. The van der Waals surface area contributed by atoms with Gasteiger partial charge in [0.2, 0.25) is 0 Å². The van der Waals surface area contributed by atoms with Gasteiger partial charge in [-0.3, -0.25) is 9.59 Å². The number of likely N-dealkylation sites (N-methyl/N-ethyl adjacent to an activating group) is 1. The van der Waals surface area contributed by atoms with Crippen molar-refractivity contribution in [3.05, 3.63) is 100 Å². The largest absolute Gasteiger partial charge is 0.497 e. The van der Waals surface area contributed by atoms with E-state index in [4.69, 9.17) is 21.1 Å². The van der Waals surface area contributed by atoms with E-state index in [0.717, 1.165) is 41.2 Å². The Morgan fingerprint density at radius 1 is 0.810 bits per heavy atom. The van der Waals surface area contributed by atoms with Gasteiger partial charge in [-0.2, -0.15) is 0 Å². The molecule has 3 heterocycles. The topological polar surface area (TPSA) is 67.2 Å². The Hall–Kier alpha value is -4.27. The van der Waals surface area contributed by atoms with Gasteiger partial charge in [0.25, 0.3) is 11.8 Å². The van der Waals surface area contributed by atoms with Gasteiger partial charge in [-0.1, -0.05) is 41.9 Å². The maximum atomic E-state index is 14.3. The van der Waals surface area contributed by atoms with Crippen LogP contribution in [-0.4, -0.2) is 73.6 Å². The molecule has 0 aliphatic carbocycles. The maximum absolute atomic E-state index is 14.3. The molecule has 216 valence electrons. The molecule has 2 amide bonds. The standard InChI is InChI=1S/C33H33ClN4O4/c1-35-13-15-36(16-14-35)33(40)30-12-11-24-21-38(29-10-5-4-7-23(29)20-37(24)30)32(39)27-18-28(34)26(19-31(27)42-3)22-8-6-9-25(17-22)41-2/h4-12,17-19H,13-16,20-21H2,1-3H3. The van der Waals surface area contributed by atoms with E-state index in [0.29, 0.717) is 54.0 Å². The number of hydrogen-bond acceptors (Lipinski definition) is 5. The summed E-state index contributed by atoms with van der Waals surface area (Å²) in [5.41, 5.74) is 5.22. The number of nitrogens with zero attached hydrogens (tertiary/aromatic N) is 4. The number of hydrogen-bond donors (Lipinski definition) is 0. The van der Waals surface area contributed by atoms with E-state index in [1.807, 2.05) is 70.1 Å².